The van der Waals surface area contributed by atoms with Crippen LogP contribution in [0.25, 0.3) is 0 Å². The van der Waals surface area contributed by atoms with Gasteiger partial charge in [-0.1, -0.05) is 54.6 Å². The van der Waals surface area contributed by atoms with Crippen LogP contribution >= 0.6 is 11.6 Å². The first-order chi connectivity index (χ1) is 19.4. The van der Waals surface area contributed by atoms with Gasteiger partial charge in [-0.3, -0.25) is 4.79 Å². The summed E-state index contributed by atoms with van der Waals surface area (Å²) < 4.78 is 42.6. The molecule has 0 aliphatic carbocycles. The highest BCUT2D eigenvalue weighted by atomic mass is 35.5. The number of halogens is 2. The third-order valence-corrected chi connectivity index (χ3v) is 6.07. The van der Waals surface area contributed by atoms with Crippen molar-refractivity contribution in [2.24, 2.45) is 0 Å². The van der Waals surface area contributed by atoms with Gasteiger partial charge in [-0.2, -0.15) is 0 Å². The van der Waals surface area contributed by atoms with Gasteiger partial charge in [0.25, 0.3) is 0 Å². The summed E-state index contributed by atoms with van der Waals surface area (Å²) in [5.41, 5.74) is 0.335. The molecule has 0 unspecified atom stereocenters. The Bertz CT molecular complexity index is 1310. The molecule has 3 aromatic carbocycles. The Balaban J connectivity index is 1.69. The summed E-state index contributed by atoms with van der Waals surface area (Å²) in [6.45, 7) is -0.600. The van der Waals surface area contributed by atoms with E-state index in [1.54, 1.807) is 54.6 Å². The Morgan fingerprint density at radius 2 is 1.05 bits per heavy atom. The second-order valence-electron chi connectivity index (χ2n) is 8.55. The Hall–Kier alpha value is -4.28. The number of esters is 4. The van der Waals surface area contributed by atoms with E-state index in [1.807, 2.05) is 0 Å². The van der Waals surface area contributed by atoms with Gasteiger partial charge in [-0.05, 0) is 36.4 Å². The zero-order valence-corrected chi connectivity index (χ0v) is 21.6. The molecule has 0 saturated carbocycles. The van der Waals surface area contributed by atoms with Crippen molar-refractivity contribution < 1.29 is 47.3 Å². The molecule has 1 heterocycles. The van der Waals surface area contributed by atoms with E-state index in [0.29, 0.717) is 0 Å². The van der Waals surface area contributed by atoms with Gasteiger partial charge in [0.2, 0.25) is 6.36 Å². The van der Waals surface area contributed by atoms with Gasteiger partial charge in [0.1, 0.15) is 18.6 Å². The molecule has 208 valence electrons. The van der Waals surface area contributed by atoms with Crippen LogP contribution in [0.4, 0.5) is 4.39 Å². The third-order valence-electron chi connectivity index (χ3n) is 5.85. The maximum atomic E-state index is 15.5. The maximum absolute atomic E-state index is 15.5. The Labute approximate surface area is 233 Å². The summed E-state index contributed by atoms with van der Waals surface area (Å²) in [5.74, 6) is -4.04. The van der Waals surface area contributed by atoms with Crippen LogP contribution in [0.2, 0.25) is 0 Å². The van der Waals surface area contributed by atoms with Gasteiger partial charge >= 0.3 is 23.9 Å². The average molecular weight is 571 g/mol. The van der Waals surface area contributed by atoms with Crippen LogP contribution in [0.1, 0.15) is 31.1 Å². The van der Waals surface area contributed by atoms with Gasteiger partial charge in [-0.25, -0.2) is 18.8 Å². The quantitative estimate of drug-likeness (QED) is 0.213. The molecule has 1 saturated heterocycles. The van der Waals surface area contributed by atoms with Crippen molar-refractivity contribution >= 4 is 35.5 Å². The molecule has 9 nitrogen and oxygen atoms in total. The lowest BCUT2D eigenvalue weighted by molar-refractivity contribution is -0.262. The van der Waals surface area contributed by atoms with E-state index in [9.17, 15) is 19.2 Å². The molecule has 0 amide bonds. The van der Waals surface area contributed by atoms with Gasteiger partial charge in [0.15, 0.2) is 18.3 Å². The van der Waals surface area contributed by atoms with Crippen molar-refractivity contribution in [2.45, 2.75) is 30.8 Å². The van der Waals surface area contributed by atoms with Gasteiger partial charge in [0, 0.05) is 0 Å². The first-order valence-corrected chi connectivity index (χ1v) is 12.7. The van der Waals surface area contributed by atoms with E-state index in [4.69, 9.17) is 35.3 Å². The van der Waals surface area contributed by atoms with Gasteiger partial charge in [0.05, 0.1) is 16.7 Å². The highest BCUT2D eigenvalue weighted by Gasteiger charge is 2.53. The first-order valence-electron chi connectivity index (χ1n) is 12.2. The van der Waals surface area contributed by atoms with Crippen molar-refractivity contribution in [1.29, 1.82) is 0 Å². The van der Waals surface area contributed by atoms with Crippen molar-refractivity contribution in [2.75, 3.05) is 12.5 Å². The van der Waals surface area contributed by atoms with Crippen LogP contribution in [0.5, 0.6) is 0 Å². The molecule has 0 bridgehead atoms. The van der Waals surface area contributed by atoms with Crippen molar-refractivity contribution in [3.8, 4) is 0 Å². The van der Waals surface area contributed by atoms with E-state index >= 15 is 4.39 Å². The molecule has 0 aromatic heterocycles. The van der Waals surface area contributed by atoms with E-state index in [1.165, 1.54) is 36.4 Å². The summed E-state index contributed by atoms with van der Waals surface area (Å²) in [7, 11) is 0. The second kappa shape index (κ2) is 13.7. The van der Waals surface area contributed by atoms with Crippen LogP contribution < -0.4 is 0 Å². The fraction of sp³-hybridized carbons (Fsp3) is 0.241. The molecule has 0 N–H and O–H groups in total. The lowest BCUT2D eigenvalue weighted by atomic mass is 9.98. The molecule has 3 aromatic rings. The second-order valence-corrected chi connectivity index (χ2v) is 8.82. The zero-order chi connectivity index (χ0) is 28.5. The largest absolute Gasteiger partial charge is 0.462 e. The number of carbonyl (C=O) groups is 4. The number of hydrogen-bond donors (Lipinski definition) is 0. The molecule has 4 rings (SSSR count). The van der Waals surface area contributed by atoms with Crippen LogP contribution in [0, 0.1) is 0 Å². The molecule has 40 heavy (non-hydrogen) atoms. The van der Waals surface area contributed by atoms with Crippen molar-refractivity contribution in [3.05, 3.63) is 108 Å². The number of ether oxygens (including phenoxy) is 5. The molecule has 0 spiro atoms. The van der Waals surface area contributed by atoms with Crippen LogP contribution in [-0.2, 0) is 28.5 Å². The monoisotopic (exact) mass is 570 g/mol. The standard InChI is InChI=1S/C29H24ClFO9/c30-16-22(32)36-17-21-23(38-27(33)18-10-4-1-5-11-18)24(39-28(34)19-12-6-2-7-13-19)25(26(31)37-21)40-29(35)20-14-8-3-9-15-20/h1-15,21,23-26H,16-17H2/t21-,23-,24+,25+,26+/m1/s1. The summed E-state index contributed by atoms with van der Waals surface area (Å²) >= 11 is 5.50. The van der Waals surface area contributed by atoms with Gasteiger partial charge < -0.3 is 23.7 Å². The first kappa shape index (κ1) is 28.7. The highest BCUT2D eigenvalue weighted by Crippen LogP contribution is 2.31. The van der Waals surface area contributed by atoms with Crippen LogP contribution in [0.3, 0.4) is 0 Å². The molecular weight excluding hydrogens is 547 g/mol. The normalized spacial score (nSPS) is 22.0. The van der Waals surface area contributed by atoms with Crippen LogP contribution in [0.15, 0.2) is 91.0 Å². The molecule has 11 heteroatoms. The summed E-state index contributed by atoms with van der Waals surface area (Å²) in [6.07, 6.45) is -8.92. The Morgan fingerprint density at radius 1 is 0.650 bits per heavy atom. The smallest absolute Gasteiger partial charge is 0.338 e. The molecule has 1 aliphatic rings. The number of hydrogen-bond acceptors (Lipinski definition) is 9. The number of benzene rings is 3. The third kappa shape index (κ3) is 7.22. The minimum atomic E-state index is -2.35. The van der Waals surface area contributed by atoms with Gasteiger partial charge in [-0.15, -0.1) is 11.6 Å². The summed E-state index contributed by atoms with van der Waals surface area (Å²) in [5, 5.41) is 0. The van der Waals surface area contributed by atoms with E-state index < -0.39 is 67.1 Å². The predicted molar refractivity (Wildman–Crippen MR) is 138 cm³/mol. The molecule has 1 fully saturated rings. The maximum Gasteiger partial charge on any atom is 0.338 e. The Morgan fingerprint density at radius 3 is 1.48 bits per heavy atom. The van der Waals surface area contributed by atoms with E-state index in [2.05, 4.69) is 0 Å². The SMILES string of the molecule is O=C(CCl)OC[C@H]1O[C@H](F)[C@@H](OC(=O)c2ccccc2)[C@@H](OC(=O)c2ccccc2)[C@@H]1OC(=O)c1ccccc1. The number of alkyl halides is 2. The fourth-order valence-corrected chi connectivity index (χ4v) is 3.99. The van der Waals surface area contributed by atoms with Crippen molar-refractivity contribution in [1.82, 2.24) is 0 Å². The predicted octanol–water partition coefficient (Wildman–Crippen LogP) is 4.14. The van der Waals surface area contributed by atoms with Crippen molar-refractivity contribution in [3.63, 3.8) is 0 Å². The minimum absolute atomic E-state index is 0.0961. The molecular formula is C29H24ClFO9. The lowest BCUT2D eigenvalue weighted by Gasteiger charge is -2.42. The zero-order valence-electron chi connectivity index (χ0n) is 20.9. The van der Waals surface area contributed by atoms with Crippen LogP contribution in [-0.4, -0.2) is 67.1 Å². The average Bonchev–Trinajstić information content (AvgIpc) is 3.00. The lowest BCUT2D eigenvalue weighted by Crippen LogP contribution is -2.61. The highest BCUT2D eigenvalue weighted by molar-refractivity contribution is 6.26. The summed E-state index contributed by atoms with van der Waals surface area (Å²) in [6, 6.07) is 23.4. The topological polar surface area (TPSA) is 114 Å². The minimum Gasteiger partial charge on any atom is -0.462 e. The molecule has 0 radical (unpaired) electrons. The number of carbonyl (C=O) groups excluding carboxylic acids is 4. The molecule has 5 atom stereocenters. The molecule has 1 aliphatic heterocycles. The van der Waals surface area contributed by atoms with E-state index in [-0.39, 0.29) is 16.7 Å². The Kier molecular flexibility index (Phi) is 9.82. The van der Waals surface area contributed by atoms with E-state index in [0.717, 1.165) is 0 Å². The number of rotatable bonds is 9. The fourth-order valence-electron chi connectivity index (χ4n) is 3.91. The summed E-state index contributed by atoms with van der Waals surface area (Å²) in [4.78, 5) is 50.7.